The van der Waals surface area contributed by atoms with Crippen molar-refractivity contribution in [2.45, 2.75) is 26.9 Å². The number of aliphatic imine (C=N–C) groups is 2. The maximum absolute atomic E-state index is 6.37. The van der Waals surface area contributed by atoms with Crippen LogP contribution in [0.25, 0.3) is 5.70 Å². The summed E-state index contributed by atoms with van der Waals surface area (Å²) in [4.78, 5) is 9.17. The third kappa shape index (κ3) is 3.25. The van der Waals surface area contributed by atoms with Gasteiger partial charge in [-0.1, -0.05) is 62.2 Å². The van der Waals surface area contributed by atoms with Crippen molar-refractivity contribution in [3.05, 3.63) is 51.0 Å². The summed E-state index contributed by atoms with van der Waals surface area (Å²) in [6, 6.07) is 7.70. The average Bonchev–Trinajstić information content (AvgIpc) is 2.47. The summed E-state index contributed by atoms with van der Waals surface area (Å²) in [5, 5.41) is 4.57. The van der Waals surface area contributed by atoms with Gasteiger partial charge in [-0.15, -0.1) is 0 Å². The van der Waals surface area contributed by atoms with Crippen LogP contribution in [0.1, 0.15) is 26.3 Å². The summed E-state index contributed by atoms with van der Waals surface area (Å²) in [6.45, 7) is 6.20. The summed E-state index contributed by atoms with van der Waals surface area (Å²) in [7, 11) is 0. The molecule has 0 bridgehead atoms. The molecule has 120 valence electrons. The number of nitrogens with zero attached hydrogens (tertiary/aromatic N) is 2. The first-order valence-corrected chi connectivity index (χ1v) is 8.78. The smallest absolute Gasteiger partial charge is 0.149 e. The molecule has 3 nitrogen and oxygen atoms in total. The molecule has 0 aromatic heterocycles. The molecule has 2 heterocycles. The zero-order valence-corrected chi connectivity index (χ0v) is 16.1. The number of nitrogens with one attached hydrogen (secondary N) is 1. The lowest BCUT2D eigenvalue weighted by atomic mass is 9.93. The molecule has 2 aliphatic heterocycles. The molecule has 0 aliphatic carbocycles. The summed E-state index contributed by atoms with van der Waals surface area (Å²) >= 11 is 16.3. The fourth-order valence-electron chi connectivity index (χ4n) is 2.39. The molecule has 0 spiro atoms. The van der Waals surface area contributed by atoms with Crippen LogP contribution in [0, 0.1) is 5.41 Å². The van der Waals surface area contributed by atoms with Crippen LogP contribution >= 0.6 is 39.1 Å². The zero-order chi connectivity index (χ0) is 16.8. The quantitative estimate of drug-likeness (QED) is 0.662. The molecule has 23 heavy (non-hydrogen) atoms. The lowest BCUT2D eigenvalue weighted by Gasteiger charge is -2.31. The van der Waals surface area contributed by atoms with E-state index in [0.717, 1.165) is 27.2 Å². The summed E-state index contributed by atoms with van der Waals surface area (Å²) in [5.74, 6) is 0.730. The summed E-state index contributed by atoms with van der Waals surface area (Å²) in [5.41, 5.74) is 2.49. The molecule has 3 rings (SSSR count). The molecule has 6 heteroatoms. The van der Waals surface area contributed by atoms with Crippen molar-refractivity contribution in [1.82, 2.24) is 5.32 Å². The third-order valence-corrected chi connectivity index (χ3v) is 4.86. The maximum atomic E-state index is 6.37. The molecule has 2 aliphatic rings. The topological polar surface area (TPSA) is 36.8 Å². The second kappa shape index (κ2) is 6.08. The van der Waals surface area contributed by atoms with Crippen LogP contribution in [0.5, 0.6) is 0 Å². The van der Waals surface area contributed by atoms with Crippen molar-refractivity contribution >= 4 is 55.8 Å². The van der Waals surface area contributed by atoms with E-state index in [1.807, 2.05) is 30.3 Å². The van der Waals surface area contributed by atoms with Gasteiger partial charge in [0.2, 0.25) is 0 Å². The highest BCUT2D eigenvalue weighted by Gasteiger charge is 2.32. The molecule has 1 N–H and O–H groups in total. The Morgan fingerprint density at radius 2 is 1.87 bits per heavy atom. The number of allylic oxidation sites excluding steroid dienone is 2. The molecular weight excluding hydrogens is 397 g/mol. The molecule has 0 radical (unpaired) electrons. The fourth-order valence-corrected chi connectivity index (χ4v) is 3.43. The molecule has 1 atom stereocenters. The summed E-state index contributed by atoms with van der Waals surface area (Å²) in [6.07, 6.45) is 1.69. The monoisotopic (exact) mass is 411 g/mol. The van der Waals surface area contributed by atoms with Gasteiger partial charge in [0.05, 0.1) is 5.70 Å². The first-order chi connectivity index (χ1) is 10.8. The molecule has 1 unspecified atom stereocenters. The molecule has 0 amide bonds. The fraction of sp³-hybridized carbons (Fsp3) is 0.294. The van der Waals surface area contributed by atoms with E-state index in [-0.39, 0.29) is 11.6 Å². The Kier molecular flexibility index (Phi) is 4.43. The van der Waals surface area contributed by atoms with Crippen molar-refractivity contribution < 1.29 is 0 Å². The number of halogens is 3. The maximum Gasteiger partial charge on any atom is 0.149 e. The van der Waals surface area contributed by atoms with Crippen LogP contribution in [0.3, 0.4) is 0 Å². The molecule has 1 aromatic rings. The van der Waals surface area contributed by atoms with Gasteiger partial charge in [0.25, 0.3) is 0 Å². The Labute approximate surface area is 154 Å². The number of hydrogen-bond acceptors (Lipinski definition) is 3. The van der Waals surface area contributed by atoms with Crippen LogP contribution in [0.2, 0.25) is 5.02 Å². The van der Waals surface area contributed by atoms with Gasteiger partial charge >= 0.3 is 0 Å². The van der Waals surface area contributed by atoms with Crippen LogP contribution in [-0.2, 0) is 0 Å². The molecular formula is C17H16BrCl2N3. The first kappa shape index (κ1) is 16.7. The van der Waals surface area contributed by atoms with Gasteiger partial charge in [0.15, 0.2) is 0 Å². The Bertz CT molecular complexity index is 785. The highest BCUT2D eigenvalue weighted by molar-refractivity contribution is 9.12. The summed E-state index contributed by atoms with van der Waals surface area (Å²) < 4.78 is 0.875. The number of fused-ring (bicyclic) bond motifs is 1. The van der Waals surface area contributed by atoms with E-state index in [4.69, 9.17) is 28.2 Å². The molecule has 0 saturated heterocycles. The van der Waals surface area contributed by atoms with Crippen LogP contribution in [-0.4, -0.2) is 17.2 Å². The van der Waals surface area contributed by atoms with Gasteiger partial charge in [-0.05, 0) is 28.1 Å². The van der Waals surface area contributed by atoms with E-state index in [1.165, 1.54) is 0 Å². The van der Waals surface area contributed by atoms with Crippen LogP contribution < -0.4 is 5.32 Å². The predicted molar refractivity (Wildman–Crippen MR) is 102 cm³/mol. The second-order valence-electron chi connectivity index (χ2n) is 6.45. The number of amidine groups is 1. The highest BCUT2D eigenvalue weighted by Crippen LogP contribution is 2.35. The normalized spacial score (nSPS) is 21.1. The van der Waals surface area contributed by atoms with E-state index in [0.29, 0.717) is 10.2 Å². The van der Waals surface area contributed by atoms with Crippen molar-refractivity contribution in [3.8, 4) is 0 Å². The zero-order valence-electron chi connectivity index (χ0n) is 13.0. The predicted octanol–water partition coefficient (Wildman–Crippen LogP) is 5.35. The number of rotatable bonds is 1. The first-order valence-electron chi connectivity index (χ1n) is 7.23. The molecule has 0 saturated carbocycles. The van der Waals surface area contributed by atoms with Crippen molar-refractivity contribution in [1.29, 1.82) is 0 Å². The van der Waals surface area contributed by atoms with Crippen molar-refractivity contribution in [2.24, 2.45) is 15.4 Å². The molecule has 1 aromatic carbocycles. The standard InChI is InChI=1S/C17H16BrCl2N3/c1-17(2,3)16-22-14(20)10-8-11(18)13(21-15(10)23-16)9-6-4-5-7-12(9)19/h4-8,15,21H,1-3H3. The number of hydrogen-bond donors (Lipinski definition) is 1. The second-order valence-corrected chi connectivity index (χ2v) is 8.07. The van der Waals surface area contributed by atoms with E-state index in [9.17, 15) is 0 Å². The van der Waals surface area contributed by atoms with Crippen molar-refractivity contribution in [3.63, 3.8) is 0 Å². The number of dihydropyridines is 1. The lowest BCUT2D eigenvalue weighted by Crippen LogP contribution is -2.38. The van der Waals surface area contributed by atoms with E-state index in [2.05, 4.69) is 47.0 Å². The van der Waals surface area contributed by atoms with Gasteiger partial charge in [0.1, 0.15) is 17.2 Å². The van der Waals surface area contributed by atoms with E-state index < -0.39 is 0 Å². The van der Waals surface area contributed by atoms with Gasteiger partial charge in [-0.2, -0.15) is 0 Å². The minimum Gasteiger partial charge on any atom is -0.358 e. The van der Waals surface area contributed by atoms with E-state index >= 15 is 0 Å². The van der Waals surface area contributed by atoms with Gasteiger partial charge in [-0.3, -0.25) is 0 Å². The molecule has 0 fully saturated rings. The number of benzene rings is 1. The SMILES string of the molecule is CC(C)(C)C1=NC2NC(c3ccccc3Cl)=C(Br)C=C2C(Cl)=N1. The van der Waals surface area contributed by atoms with Crippen molar-refractivity contribution in [2.75, 3.05) is 0 Å². The van der Waals surface area contributed by atoms with Gasteiger partial charge in [0, 0.05) is 26.1 Å². The Hall–Kier alpha value is -1.10. The van der Waals surface area contributed by atoms with Crippen LogP contribution in [0.15, 0.2) is 50.4 Å². The largest absolute Gasteiger partial charge is 0.358 e. The Morgan fingerprint density at radius 3 is 2.52 bits per heavy atom. The lowest BCUT2D eigenvalue weighted by molar-refractivity contribution is 0.570. The highest BCUT2D eigenvalue weighted by atomic mass is 79.9. The minimum atomic E-state index is -0.262. The Balaban J connectivity index is 2.06. The average molecular weight is 413 g/mol. The van der Waals surface area contributed by atoms with Gasteiger partial charge < -0.3 is 5.32 Å². The minimum absolute atomic E-state index is 0.170. The van der Waals surface area contributed by atoms with E-state index in [1.54, 1.807) is 0 Å². The Morgan fingerprint density at radius 1 is 1.17 bits per heavy atom. The third-order valence-electron chi connectivity index (χ3n) is 3.60. The van der Waals surface area contributed by atoms with Gasteiger partial charge in [-0.25, -0.2) is 9.98 Å². The van der Waals surface area contributed by atoms with Crippen LogP contribution in [0.4, 0.5) is 0 Å².